The molecule has 0 aliphatic heterocycles. The molecule has 0 heterocycles. The van der Waals surface area contributed by atoms with Crippen LogP contribution in [0.2, 0.25) is 5.02 Å². The fraction of sp³-hybridized carbons (Fsp3) is 0.278. The number of aryl methyl sites for hydroxylation is 2. The highest BCUT2D eigenvalue weighted by molar-refractivity contribution is 8.00. The number of anilines is 1. The summed E-state index contributed by atoms with van der Waals surface area (Å²) in [6.45, 7) is 5.59. The molecule has 2 nitrogen and oxygen atoms in total. The molecule has 2 aromatic carbocycles. The van der Waals surface area contributed by atoms with Crippen LogP contribution >= 0.6 is 23.4 Å². The van der Waals surface area contributed by atoms with Crippen LogP contribution < -0.4 is 5.32 Å². The average Bonchev–Trinajstić information content (AvgIpc) is 2.51. The Bertz CT molecular complexity index is 792. The lowest BCUT2D eigenvalue weighted by molar-refractivity contribution is -0.137. The molecule has 2 rings (SSSR count). The summed E-state index contributed by atoms with van der Waals surface area (Å²) in [7, 11) is 0. The van der Waals surface area contributed by atoms with E-state index in [0.717, 1.165) is 34.2 Å². The van der Waals surface area contributed by atoms with Crippen LogP contribution in [0, 0.1) is 13.8 Å². The van der Waals surface area contributed by atoms with Gasteiger partial charge in [0.15, 0.2) is 0 Å². The third-order valence-electron chi connectivity index (χ3n) is 3.57. The van der Waals surface area contributed by atoms with Gasteiger partial charge in [-0.05, 0) is 50.6 Å². The lowest BCUT2D eigenvalue weighted by Gasteiger charge is -2.16. The summed E-state index contributed by atoms with van der Waals surface area (Å²) >= 11 is 7.26. The highest BCUT2D eigenvalue weighted by atomic mass is 35.5. The zero-order valence-electron chi connectivity index (χ0n) is 13.9. The van der Waals surface area contributed by atoms with Crippen LogP contribution in [0.25, 0.3) is 0 Å². The molecule has 0 bridgehead atoms. The highest BCUT2D eigenvalue weighted by Gasteiger charge is 2.31. The molecule has 0 fully saturated rings. The largest absolute Gasteiger partial charge is 0.416 e. The fourth-order valence-corrected chi connectivity index (χ4v) is 3.33. The van der Waals surface area contributed by atoms with Crippen LogP contribution in [0.5, 0.6) is 0 Å². The van der Waals surface area contributed by atoms with Gasteiger partial charge in [0, 0.05) is 4.90 Å². The molecular formula is C18H17ClF3NOS. The molecule has 1 unspecified atom stereocenters. The van der Waals surface area contributed by atoms with Crippen molar-refractivity contribution in [1.82, 2.24) is 0 Å². The monoisotopic (exact) mass is 387 g/mol. The van der Waals surface area contributed by atoms with E-state index in [1.165, 1.54) is 11.8 Å². The number of hydrogen-bond acceptors (Lipinski definition) is 2. The first kappa shape index (κ1) is 19.7. The second kappa shape index (κ2) is 7.70. The standard InChI is InChI=1S/C18H17ClF3NOS/c1-10-4-5-11(2)16(8-10)25-12(3)17(24)23-15-9-13(18(20,21)22)6-7-14(15)19/h4-9,12H,1-3H3,(H,23,24). The summed E-state index contributed by atoms with van der Waals surface area (Å²) in [5.41, 5.74) is 1.20. The summed E-state index contributed by atoms with van der Waals surface area (Å²) in [4.78, 5) is 13.3. The van der Waals surface area contributed by atoms with E-state index in [2.05, 4.69) is 5.32 Å². The van der Waals surface area contributed by atoms with Crippen LogP contribution in [0.1, 0.15) is 23.6 Å². The predicted molar refractivity (Wildman–Crippen MR) is 96.3 cm³/mol. The Kier molecular flexibility index (Phi) is 6.06. The molecule has 25 heavy (non-hydrogen) atoms. The number of amides is 1. The van der Waals surface area contributed by atoms with Crippen molar-refractivity contribution in [3.05, 3.63) is 58.1 Å². The first-order valence-corrected chi connectivity index (χ1v) is 8.75. The smallest absolute Gasteiger partial charge is 0.324 e. The van der Waals surface area contributed by atoms with Crippen molar-refractivity contribution in [2.24, 2.45) is 0 Å². The molecule has 0 spiro atoms. The van der Waals surface area contributed by atoms with Crippen LogP contribution in [-0.2, 0) is 11.0 Å². The average molecular weight is 388 g/mol. The lowest BCUT2D eigenvalue weighted by atomic mass is 10.2. The Morgan fingerprint density at radius 1 is 1.16 bits per heavy atom. The maximum atomic E-state index is 12.8. The van der Waals surface area contributed by atoms with Crippen molar-refractivity contribution in [1.29, 1.82) is 0 Å². The normalized spacial score (nSPS) is 12.8. The maximum absolute atomic E-state index is 12.8. The van der Waals surface area contributed by atoms with Gasteiger partial charge in [-0.1, -0.05) is 29.3 Å². The van der Waals surface area contributed by atoms with Gasteiger partial charge in [0.25, 0.3) is 0 Å². The molecular weight excluding hydrogens is 371 g/mol. The molecule has 0 aliphatic carbocycles. The van der Waals surface area contributed by atoms with Crippen molar-refractivity contribution in [2.45, 2.75) is 37.1 Å². The van der Waals surface area contributed by atoms with Gasteiger partial charge in [-0.15, -0.1) is 11.8 Å². The summed E-state index contributed by atoms with van der Waals surface area (Å²) in [5.74, 6) is -0.410. The minimum atomic E-state index is -4.50. The Morgan fingerprint density at radius 2 is 1.84 bits per heavy atom. The number of rotatable bonds is 4. The minimum Gasteiger partial charge on any atom is -0.324 e. The van der Waals surface area contributed by atoms with Gasteiger partial charge in [-0.25, -0.2) is 0 Å². The van der Waals surface area contributed by atoms with E-state index in [4.69, 9.17) is 11.6 Å². The molecule has 1 amide bonds. The Labute approximate surface area is 153 Å². The SMILES string of the molecule is Cc1ccc(C)c(SC(C)C(=O)Nc2cc(C(F)(F)F)ccc2Cl)c1. The van der Waals surface area contributed by atoms with Gasteiger partial charge in [0.1, 0.15) is 0 Å². The van der Waals surface area contributed by atoms with E-state index in [9.17, 15) is 18.0 Å². The first-order chi connectivity index (χ1) is 11.6. The molecule has 7 heteroatoms. The zero-order valence-corrected chi connectivity index (χ0v) is 15.4. The number of hydrogen-bond donors (Lipinski definition) is 1. The number of thioether (sulfide) groups is 1. The van der Waals surface area contributed by atoms with Gasteiger partial charge in [-0.2, -0.15) is 13.2 Å². The topological polar surface area (TPSA) is 29.1 Å². The van der Waals surface area contributed by atoms with Gasteiger partial charge in [0.2, 0.25) is 5.91 Å². The van der Waals surface area contributed by atoms with Crippen molar-refractivity contribution < 1.29 is 18.0 Å². The molecule has 134 valence electrons. The Hall–Kier alpha value is -1.66. The van der Waals surface area contributed by atoms with E-state index in [1.54, 1.807) is 6.92 Å². The number of halogens is 4. The number of benzene rings is 2. The van der Waals surface area contributed by atoms with Gasteiger partial charge in [0.05, 0.1) is 21.5 Å². The van der Waals surface area contributed by atoms with E-state index < -0.39 is 22.9 Å². The highest BCUT2D eigenvalue weighted by Crippen LogP contribution is 2.34. The third-order valence-corrected chi connectivity index (χ3v) is 5.16. The second-order valence-electron chi connectivity index (χ2n) is 5.71. The molecule has 0 saturated carbocycles. The number of carbonyl (C=O) groups excluding carboxylic acids is 1. The molecule has 1 N–H and O–H groups in total. The van der Waals surface area contributed by atoms with Crippen molar-refractivity contribution in [2.75, 3.05) is 5.32 Å². The van der Waals surface area contributed by atoms with Crippen LogP contribution in [0.3, 0.4) is 0 Å². The van der Waals surface area contributed by atoms with Crippen LogP contribution in [0.15, 0.2) is 41.3 Å². The summed E-state index contributed by atoms with van der Waals surface area (Å²) < 4.78 is 38.4. The van der Waals surface area contributed by atoms with E-state index in [-0.39, 0.29) is 10.7 Å². The van der Waals surface area contributed by atoms with Crippen LogP contribution in [0.4, 0.5) is 18.9 Å². The Morgan fingerprint density at radius 3 is 2.48 bits per heavy atom. The molecule has 0 aliphatic rings. The third kappa shape index (κ3) is 5.16. The molecule has 1 atom stereocenters. The first-order valence-electron chi connectivity index (χ1n) is 7.49. The summed E-state index contributed by atoms with van der Waals surface area (Å²) in [6.07, 6.45) is -4.50. The van der Waals surface area contributed by atoms with E-state index >= 15 is 0 Å². The molecule has 0 saturated heterocycles. The molecule has 0 radical (unpaired) electrons. The summed E-state index contributed by atoms with van der Waals surface area (Å²) in [5, 5.41) is 2.05. The number of alkyl halides is 3. The minimum absolute atomic E-state index is 0.0464. The van der Waals surface area contributed by atoms with Gasteiger partial charge < -0.3 is 5.32 Å². The van der Waals surface area contributed by atoms with Gasteiger partial charge >= 0.3 is 6.18 Å². The molecule has 0 aromatic heterocycles. The van der Waals surface area contributed by atoms with Gasteiger partial charge in [-0.3, -0.25) is 4.79 Å². The quantitative estimate of drug-likeness (QED) is 0.642. The lowest BCUT2D eigenvalue weighted by Crippen LogP contribution is -2.23. The predicted octanol–water partition coefficient (Wildman–Crippen LogP) is 6.09. The maximum Gasteiger partial charge on any atom is 0.416 e. The van der Waals surface area contributed by atoms with E-state index in [1.807, 2.05) is 32.0 Å². The van der Waals surface area contributed by atoms with E-state index in [0.29, 0.717) is 0 Å². The zero-order chi connectivity index (χ0) is 18.8. The number of carbonyl (C=O) groups is 1. The Balaban J connectivity index is 2.15. The summed E-state index contributed by atoms with van der Waals surface area (Å²) in [6, 6.07) is 8.77. The second-order valence-corrected chi connectivity index (χ2v) is 7.50. The van der Waals surface area contributed by atoms with Crippen molar-refractivity contribution in [3.8, 4) is 0 Å². The van der Waals surface area contributed by atoms with Crippen LogP contribution in [-0.4, -0.2) is 11.2 Å². The molecule has 2 aromatic rings. The van der Waals surface area contributed by atoms with Crippen molar-refractivity contribution >= 4 is 35.0 Å². The fourth-order valence-electron chi connectivity index (χ4n) is 2.11. The number of nitrogens with one attached hydrogen (secondary N) is 1. The van der Waals surface area contributed by atoms with Crippen molar-refractivity contribution in [3.63, 3.8) is 0 Å².